The maximum atomic E-state index is 5.79. The van der Waals surface area contributed by atoms with E-state index in [1.54, 1.807) is 0 Å². The van der Waals surface area contributed by atoms with Gasteiger partial charge >= 0.3 is 0 Å². The highest BCUT2D eigenvalue weighted by molar-refractivity contribution is 5.00. The summed E-state index contributed by atoms with van der Waals surface area (Å²) in [6, 6.07) is 0. The SMILES string of the molecule is CC1CC=C(CCCCCCC23OCC(C)(CO2)CO3)O1. The lowest BCUT2D eigenvalue weighted by Crippen LogP contribution is -2.58. The van der Waals surface area contributed by atoms with Crippen molar-refractivity contribution < 1.29 is 18.9 Å². The Hall–Kier alpha value is -0.580. The second-order valence-corrected chi connectivity index (χ2v) is 7.11. The van der Waals surface area contributed by atoms with Crippen LogP contribution in [0.2, 0.25) is 0 Å². The van der Waals surface area contributed by atoms with E-state index >= 15 is 0 Å². The van der Waals surface area contributed by atoms with Crippen LogP contribution in [0, 0.1) is 5.41 Å². The van der Waals surface area contributed by atoms with Crippen LogP contribution < -0.4 is 0 Å². The third-order valence-electron chi connectivity index (χ3n) is 4.61. The largest absolute Gasteiger partial charge is 0.495 e. The Morgan fingerprint density at radius 2 is 1.71 bits per heavy atom. The van der Waals surface area contributed by atoms with Gasteiger partial charge in [-0.2, -0.15) is 0 Å². The highest BCUT2D eigenvalue weighted by atomic mass is 16.9. The first kappa shape index (κ1) is 15.3. The lowest BCUT2D eigenvalue weighted by atomic mass is 9.91. The van der Waals surface area contributed by atoms with E-state index in [9.17, 15) is 0 Å². The number of unbranched alkanes of at least 4 members (excludes halogenated alkanes) is 3. The van der Waals surface area contributed by atoms with Gasteiger partial charge in [0.05, 0.1) is 31.7 Å². The summed E-state index contributed by atoms with van der Waals surface area (Å²) in [5, 5.41) is 0. The summed E-state index contributed by atoms with van der Waals surface area (Å²) >= 11 is 0. The molecule has 4 heterocycles. The van der Waals surface area contributed by atoms with E-state index in [1.165, 1.54) is 25.0 Å². The van der Waals surface area contributed by atoms with Crippen LogP contribution in [0.1, 0.15) is 58.8 Å². The molecule has 0 amide bonds. The second-order valence-electron chi connectivity index (χ2n) is 7.11. The highest BCUT2D eigenvalue weighted by Crippen LogP contribution is 2.40. The van der Waals surface area contributed by atoms with Gasteiger partial charge in [-0.3, -0.25) is 0 Å². The molecule has 4 nitrogen and oxygen atoms in total. The molecule has 1 atom stereocenters. The van der Waals surface area contributed by atoms with Gasteiger partial charge in [0.2, 0.25) is 0 Å². The van der Waals surface area contributed by atoms with Crippen molar-refractivity contribution in [3.05, 3.63) is 11.8 Å². The molecule has 4 aliphatic rings. The molecule has 0 aromatic heterocycles. The van der Waals surface area contributed by atoms with Crippen molar-refractivity contribution >= 4 is 0 Å². The maximum Gasteiger partial charge on any atom is 0.282 e. The van der Waals surface area contributed by atoms with Gasteiger partial charge < -0.3 is 18.9 Å². The lowest BCUT2D eigenvalue weighted by molar-refractivity contribution is -0.467. The molecular formula is C17H28O4. The number of allylic oxidation sites excluding steroid dienone is 1. The van der Waals surface area contributed by atoms with Crippen LogP contribution in [0.25, 0.3) is 0 Å². The third-order valence-corrected chi connectivity index (χ3v) is 4.61. The van der Waals surface area contributed by atoms with Crippen molar-refractivity contribution in [2.24, 2.45) is 5.41 Å². The van der Waals surface area contributed by atoms with E-state index < -0.39 is 5.97 Å². The van der Waals surface area contributed by atoms with E-state index in [2.05, 4.69) is 19.9 Å². The van der Waals surface area contributed by atoms with Gasteiger partial charge in [-0.05, 0) is 25.8 Å². The molecular weight excluding hydrogens is 268 g/mol. The smallest absolute Gasteiger partial charge is 0.282 e. The van der Waals surface area contributed by atoms with E-state index in [1.807, 2.05) is 0 Å². The average molecular weight is 296 g/mol. The Balaban J connectivity index is 1.27. The van der Waals surface area contributed by atoms with Crippen molar-refractivity contribution in [3.8, 4) is 0 Å². The van der Waals surface area contributed by atoms with Crippen molar-refractivity contribution in [2.45, 2.75) is 70.9 Å². The number of rotatable bonds is 7. The molecule has 0 N–H and O–H groups in total. The van der Waals surface area contributed by atoms with Crippen molar-refractivity contribution in [3.63, 3.8) is 0 Å². The standard InChI is InChI=1S/C17H28O4/c1-14-8-9-15(21-14)7-5-3-4-6-10-17-18-11-16(2,12-19-17)13-20-17/h9,14H,3-8,10-13H2,1-2H3. The van der Waals surface area contributed by atoms with Gasteiger partial charge in [0, 0.05) is 24.7 Å². The van der Waals surface area contributed by atoms with Crippen molar-refractivity contribution in [2.75, 3.05) is 19.8 Å². The van der Waals surface area contributed by atoms with Crippen LogP contribution in [0.5, 0.6) is 0 Å². The molecule has 120 valence electrons. The predicted molar refractivity (Wildman–Crippen MR) is 79.6 cm³/mol. The van der Waals surface area contributed by atoms with E-state index in [4.69, 9.17) is 18.9 Å². The summed E-state index contributed by atoms with van der Waals surface area (Å²) in [5.74, 6) is 0.458. The zero-order valence-electron chi connectivity index (χ0n) is 13.4. The molecule has 3 saturated heterocycles. The Bertz CT molecular complexity index is 366. The van der Waals surface area contributed by atoms with Crippen LogP contribution in [-0.4, -0.2) is 31.9 Å². The summed E-state index contributed by atoms with van der Waals surface area (Å²) in [7, 11) is 0. The number of hydrogen-bond acceptors (Lipinski definition) is 4. The molecule has 0 saturated carbocycles. The monoisotopic (exact) mass is 296 g/mol. The molecule has 3 fully saturated rings. The fourth-order valence-electron chi connectivity index (χ4n) is 3.13. The first-order chi connectivity index (χ1) is 10.1. The van der Waals surface area contributed by atoms with Gasteiger partial charge in [-0.15, -0.1) is 0 Å². The summed E-state index contributed by atoms with van der Waals surface area (Å²) in [4.78, 5) is 0. The van der Waals surface area contributed by atoms with E-state index in [-0.39, 0.29) is 5.41 Å². The number of ether oxygens (including phenoxy) is 4. The van der Waals surface area contributed by atoms with Crippen LogP contribution in [0.15, 0.2) is 11.8 Å². The Labute approximate surface area is 127 Å². The van der Waals surface area contributed by atoms with Crippen LogP contribution >= 0.6 is 0 Å². The average Bonchev–Trinajstić information content (AvgIpc) is 2.90. The summed E-state index contributed by atoms with van der Waals surface area (Å²) in [6.45, 7) is 6.56. The fourth-order valence-corrected chi connectivity index (χ4v) is 3.13. The van der Waals surface area contributed by atoms with Crippen LogP contribution in [0.3, 0.4) is 0 Å². The predicted octanol–water partition coefficient (Wildman–Crippen LogP) is 3.76. The quantitative estimate of drug-likeness (QED) is 0.670. The zero-order valence-corrected chi connectivity index (χ0v) is 13.4. The van der Waals surface area contributed by atoms with Crippen LogP contribution in [-0.2, 0) is 18.9 Å². The summed E-state index contributed by atoms with van der Waals surface area (Å²) in [6.07, 6.45) is 10.3. The van der Waals surface area contributed by atoms with Gasteiger partial charge in [0.15, 0.2) is 0 Å². The van der Waals surface area contributed by atoms with Gasteiger partial charge in [0.25, 0.3) is 5.97 Å². The number of fused-ring (bicyclic) bond motifs is 3. The molecule has 1 unspecified atom stereocenters. The minimum atomic E-state index is -0.732. The summed E-state index contributed by atoms with van der Waals surface area (Å²) < 4.78 is 23.1. The second kappa shape index (κ2) is 6.27. The minimum Gasteiger partial charge on any atom is -0.495 e. The van der Waals surface area contributed by atoms with Gasteiger partial charge in [-0.1, -0.05) is 19.8 Å². The summed E-state index contributed by atoms with van der Waals surface area (Å²) in [5.41, 5.74) is 0.0634. The van der Waals surface area contributed by atoms with Gasteiger partial charge in [-0.25, -0.2) is 0 Å². The highest BCUT2D eigenvalue weighted by Gasteiger charge is 2.49. The lowest BCUT2D eigenvalue weighted by Gasteiger charge is -2.50. The van der Waals surface area contributed by atoms with E-state index in [0.717, 1.165) is 45.5 Å². The Morgan fingerprint density at radius 3 is 2.33 bits per heavy atom. The third kappa shape index (κ3) is 3.79. The molecule has 21 heavy (non-hydrogen) atoms. The molecule has 0 spiro atoms. The molecule has 0 radical (unpaired) electrons. The van der Waals surface area contributed by atoms with Crippen LogP contribution in [0.4, 0.5) is 0 Å². The zero-order chi connectivity index (χ0) is 14.8. The molecule has 0 aliphatic carbocycles. The van der Waals surface area contributed by atoms with Gasteiger partial charge in [0.1, 0.15) is 0 Å². The molecule has 0 aromatic carbocycles. The molecule has 4 aliphatic heterocycles. The normalized spacial score (nSPS) is 38.4. The Morgan fingerprint density at radius 1 is 1.05 bits per heavy atom. The topological polar surface area (TPSA) is 36.9 Å². The fraction of sp³-hybridized carbons (Fsp3) is 0.882. The van der Waals surface area contributed by atoms with E-state index in [0.29, 0.717) is 6.10 Å². The molecule has 0 aromatic rings. The van der Waals surface area contributed by atoms with Crippen molar-refractivity contribution in [1.29, 1.82) is 0 Å². The number of hydrogen-bond donors (Lipinski definition) is 0. The molecule has 4 heteroatoms. The maximum absolute atomic E-state index is 5.79. The Kier molecular flexibility index (Phi) is 4.57. The molecule has 4 rings (SSSR count). The first-order valence-corrected chi connectivity index (χ1v) is 8.37. The minimum absolute atomic E-state index is 0.0634. The molecule has 2 bridgehead atoms. The first-order valence-electron chi connectivity index (χ1n) is 8.37. The van der Waals surface area contributed by atoms with Crippen molar-refractivity contribution in [1.82, 2.24) is 0 Å².